The second-order valence-electron chi connectivity index (χ2n) is 5.18. The van der Waals surface area contributed by atoms with E-state index in [1.54, 1.807) is 0 Å². The van der Waals surface area contributed by atoms with Gasteiger partial charge in [-0.05, 0) is 19.9 Å². The summed E-state index contributed by atoms with van der Waals surface area (Å²) in [5.74, 6) is -0.102. The molecule has 1 aliphatic heterocycles. The minimum atomic E-state index is -0.414. The molecule has 1 saturated heterocycles. The number of furan rings is 1. The van der Waals surface area contributed by atoms with Gasteiger partial charge in [-0.15, -0.1) is 0 Å². The fourth-order valence-corrected chi connectivity index (χ4v) is 2.25. The molecule has 0 aliphatic carbocycles. The second-order valence-corrected chi connectivity index (χ2v) is 5.18. The maximum atomic E-state index is 11.6. The second kappa shape index (κ2) is 5.12. The van der Waals surface area contributed by atoms with Gasteiger partial charge in [0.15, 0.2) is 0 Å². The lowest BCUT2D eigenvalue weighted by Crippen LogP contribution is -2.57. The highest BCUT2D eigenvalue weighted by Gasteiger charge is 2.30. The molecule has 0 unspecified atom stereocenters. The lowest BCUT2D eigenvalue weighted by molar-refractivity contribution is 0.0550. The Balaban J connectivity index is 2.14. The van der Waals surface area contributed by atoms with Crippen LogP contribution in [0.4, 0.5) is 0 Å². The van der Waals surface area contributed by atoms with E-state index < -0.39 is 5.97 Å². The zero-order valence-electron chi connectivity index (χ0n) is 11.2. The zero-order valence-corrected chi connectivity index (χ0v) is 11.2. The highest BCUT2D eigenvalue weighted by Crippen LogP contribution is 2.22. The summed E-state index contributed by atoms with van der Waals surface area (Å²) in [6.45, 7) is 7.95. The quantitative estimate of drug-likeness (QED) is 0.821. The molecule has 0 bridgehead atoms. The van der Waals surface area contributed by atoms with Gasteiger partial charge in [0.05, 0.1) is 13.4 Å². The van der Waals surface area contributed by atoms with E-state index in [1.807, 2.05) is 6.07 Å². The predicted octanol–water partition coefficient (Wildman–Crippen LogP) is 1.25. The Morgan fingerprint density at radius 2 is 2.39 bits per heavy atom. The van der Waals surface area contributed by atoms with Crippen molar-refractivity contribution in [2.75, 3.05) is 26.7 Å². The highest BCUT2D eigenvalue weighted by atomic mass is 16.5. The average molecular weight is 252 g/mol. The molecular formula is C13H20N2O3. The summed E-state index contributed by atoms with van der Waals surface area (Å²) < 4.78 is 9.92. The number of piperazine rings is 1. The lowest BCUT2D eigenvalue weighted by Gasteiger charge is -2.42. The fraction of sp³-hybridized carbons (Fsp3) is 0.615. The molecule has 2 heterocycles. The third-order valence-electron chi connectivity index (χ3n) is 3.45. The molecule has 1 fully saturated rings. The molecule has 0 spiro atoms. The third-order valence-corrected chi connectivity index (χ3v) is 3.45. The molecule has 0 aromatic carbocycles. The number of nitrogens with zero attached hydrogens (tertiary/aromatic N) is 1. The van der Waals surface area contributed by atoms with E-state index in [1.165, 1.54) is 13.4 Å². The molecule has 100 valence electrons. The van der Waals surface area contributed by atoms with Crippen LogP contribution in [0.15, 0.2) is 16.7 Å². The Bertz CT molecular complexity index is 426. The van der Waals surface area contributed by atoms with Crippen LogP contribution >= 0.6 is 0 Å². The van der Waals surface area contributed by atoms with E-state index in [2.05, 4.69) is 24.1 Å². The van der Waals surface area contributed by atoms with Crippen molar-refractivity contribution in [1.29, 1.82) is 0 Å². The monoisotopic (exact) mass is 252 g/mol. The largest absolute Gasteiger partial charge is 0.463 e. The number of methoxy groups -OCH3 is 1. The van der Waals surface area contributed by atoms with Crippen LogP contribution in [0.3, 0.4) is 0 Å². The van der Waals surface area contributed by atoms with Crippen LogP contribution in [0, 0.1) is 0 Å². The van der Waals surface area contributed by atoms with Gasteiger partial charge in [-0.25, -0.2) is 4.79 Å². The van der Waals surface area contributed by atoms with Gasteiger partial charge < -0.3 is 14.5 Å². The maximum Gasteiger partial charge on any atom is 0.374 e. The molecule has 1 N–H and O–H groups in total. The lowest BCUT2D eigenvalue weighted by atomic mass is 9.99. The highest BCUT2D eigenvalue weighted by molar-refractivity contribution is 5.87. The SMILES string of the molecule is COC(=O)c1occc1CN1CCNCC1(C)C. The van der Waals surface area contributed by atoms with Crippen LogP contribution < -0.4 is 5.32 Å². The number of esters is 1. The van der Waals surface area contributed by atoms with E-state index in [9.17, 15) is 4.79 Å². The van der Waals surface area contributed by atoms with Gasteiger partial charge in [0.2, 0.25) is 5.76 Å². The van der Waals surface area contributed by atoms with Gasteiger partial charge in [-0.2, -0.15) is 0 Å². The van der Waals surface area contributed by atoms with Crippen LogP contribution in [-0.4, -0.2) is 43.2 Å². The molecule has 5 heteroatoms. The van der Waals surface area contributed by atoms with Crippen molar-refractivity contribution in [3.8, 4) is 0 Å². The van der Waals surface area contributed by atoms with Crippen molar-refractivity contribution in [2.24, 2.45) is 0 Å². The molecule has 1 aliphatic rings. The van der Waals surface area contributed by atoms with E-state index in [0.717, 1.165) is 25.2 Å². The first-order chi connectivity index (χ1) is 8.54. The van der Waals surface area contributed by atoms with Crippen LogP contribution in [0.1, 0.15) is 30.0 Å². The molecule has 1 aromatic heterocycles. The molecule has 18 heavy (non-hydrogen) atoms. The first-order valence-corrected chi connectivity index (χ1v) is 6.15. The summed E-state index contributed by atoms with van der Waals surface area (Å²) in [5, 5.41) is 3.38. The van der Waals surface area contributed by atoms with Crippen molar-refractivity contribution in [3.63, 3.8) is 0 Å². The van der Waals surface area contributed by atoms with Crippen LogP contribution in [-0.2, 0) is 11.3 Å². The molecule has 0 saturated carbocycles. The molecule has 0 atom stereocenters. The number of hydrogen-bond acceptors (Lipinski definition) is 5. The first kappa shape index (κ1) is 13.1. The summed E-state index contributed by atoms with van der Waals surface area (Å²) in [5.41, 5.74) is 0.958. The van der Waals surface area contributed by atoms with E-state index in [4.69, 9.17) is 9.15 Å². The number of hydrogen-bond donors (Lipinski definition) is 1. The first-order valence-electron chi connectivity index (χ1n) is 6.15. The third kappa shape index (κ3) is 2.57. The summed E-state index contributed by atoms with van der Waals surface area (Å²) in [7, 11) is 1.36. The van der Waals surface area contributed by atoms with Crippen molar-refractivity contribution in [2.45, 2.75) is 25.9 Å². The summed E-state index contributed by atoms with van der Waals surface area (Å²) in [6.07, 6.45) is 1.54. The Labute approximate surface area is 107 Å². The molecule has 0 radical (unpaired) electrons. The molecule has 5 nitrogen and oxygen atoms in total. The smallest absolute Gasteiger partial charge is 0.374 e. The summed E-state index contributed by atoms with van der Waals surface area (Å²) in [4.78, 5) is 13.9. The molecule has 0 amide bonds. The van der Waals surface area contributed by atoms with Crippen molar-refractivity contribution in [3.05, 3.63) is 23.7 Å². The minimum Gasteiger partial charge on any atom is -0.463 e. The van der Waals surface area contributed by atoms with Crippen molar-refractivity contribution >= 4 is 5.97 Å². The fourth-order valence-electron chi connectivity index (χ4n) is 2.25. The predicted molar refractivity (Wildman–Crippen MR) is 67.4 cm³/mol. The Kier molecular flexibility index (Phi) is 3.73. The molecular weight excluding hydrogens is 232 g/mol. The van der Waals surface area contributed by atoms with E-state index in [-0.39, 0.29) is 5.54 Å². The van der Waals surface area contributed by atoms with Gasteiger partial charge in [0, 0.05) is 37.3 Å². The Hall–Kier alpha value is -1.33. The normalized spacial score (nSPS) is 19.7. The van der Waals surface area contributed by atoms with Crippen LogP contribution in [0.5, 0.6) is 0 Å². The van der Waals surface area contributed by atoms with Gasteiger partial charge in [-0.1, -0.05) is 0 Å². The van der Waals surface area contributed by atoms with Gasteiger partial charge >= 0.3 is 5.97 Å². The number of nitrogens with one attached hydrogen (secondary N) is 1. The Morgan fingerprint density at radius 3 is 3.06 bits per heavy atom. The van der Waals surface area contributed by atoms with E-state index >= 15 is 0 Å². The maximum absolute atomic E-state index is 11.6. The number of carbonyl (C=O) groups is 1. The Morgan fingerprint density at radius 1 is 1.61 bits per heavy atom. The zero-order chi connectivity index (χ0) is 13.2. The molecule has 1 aromatic rings. The summed E-state index contributed by atoms with van der Waals surface area (Å²) >= 11 is 0. The number of rotatable bonds is 3. The van der Waals surface area contributed by atoms with Gasteiger partial charge in [0.1, 0.15) is 0 Å². The minimum absolute atomic E-state index is 0.0723. The van der Waals surface area contributed by atoms with E-state index in [0.29, 0.717) is 12.3 Å². The van der Waals surface area contributed by atoms with Crippen molar-refractivity contribution < 1.29 is 13.9 Å². The standard InChI is InChI=1S/C13H20N2O3/c1-13(2)9-14-5-6-15(13)8-10-4-7-18-11(10)12(16)17-3/h4,7,14H,5-6,8-9H2,1-3H3. The van der Waals surface area contributed by atoms with Crippen molar-refractivity contribution in [1.82, 2.24) is 10.2 Å². The van der Waals surface area contributed by atoms with Gasteiger partial charge in [0.25, 0.3) is 0 Å². The summed E-state index contributed by atoms with van der Waals surface area (Å²) in [6, 6.07) is 1.84. The van der Waals surface area contributed by atoms with Gasteiger partial charge in [-0.3, -0.25) is 4.90 Å². The van der Waals surface area contributed by atoms with Crippen LogP contribution in [0.25, 0.3) is 0 Å². The average Bonchev–Trinajstić information content (AvgIpc) is 2.79. The van der Waals surface area contributed by atoms with Crippen LogP contribution in [0.2, 0.25) is 0 Å². The molecule has 2 rings (SSSR count). The number of ether oxygens (including phenoxy) is 1. The topological polar surface area (TPSA) is 54.7 Å². The number of carbonyl (C=O) groups excluding carboxylic acids is 1.